The second-order valence-electron chi connectivity index (χ2n) is 4.15. The molecule has 1 unspecified atom stereocenters. The predicted octanol–water partition coefficient (Wildman–Crippen LogP) is 1.32. The SMILES string of the molecule is CCNC(COc1ccc(CCOC)cc1)C(=O)O. The molecule has 1 atom stereocenters. The van der Waals surface area contributed by atoms with Gasteiger partial charge in [-0.15, -0.1) is 0 Å². The molecule has 0 aliphatic carbocycles. The zero-order chi connectivity index (χ0) is 14.1. The van der Waals surface area contributed by atoms with Gasteiger partial charge in [0.05, 0.1) is 6.61 Å². The second kappa shape index (κ2) is 8.50. The first-order valence-corrected chi connectivity index (χ1v) is 6.34. The van der Waals surface area contributed by atoms with Crippen LogP contribution in [-0.2, 0) is 16.0 Å². The highest BCUT2D eigenvalue weighted by atomic mass is 16.5. The first-order valence-electron chi connectivity index (χ1n) is 6.34. The average Bonchev–Trinajstić information content (AvgIpc) is 2.42. The summed E-state index contributed by atoms with van der Waals surface area (Å²) in [7, 11) is 1.67. The molecular formula is C14H21NO4. The predicted molar refractivity (Wildman–Crippen MR) is 72.6 cm³/mol. The fourth-order valence-electron chi connectivity index (χ4n) is 1.62. The summed E-state index contributed by atoms with van der Waals surface area (Å²) in [6, 6.07) is 6.92. The molecule has 0 spiro atoms. The third-order valence-corrected chi connectivity index (χ3v) is 2.68. The molecule has 1 rings (SSSR count). The molecule has 0 saturated carbocycles. The average molecular weight is 267 g/mol. The summed E-state index contributed by atoms with van der Waals surface area (Å²) in [5.41, 5.74) is 1.16. The van der Waals surface area contributed by atoms with Crippen LogP contribution in [0.5, 0.6) is 5.75 Å². The smallest absolute Gasteiger partial charge is 0.324 e. The number of methoxy groups -OCH3 is 1. The van der Waals surface area contributed by atoms with Crippen LogP contribution in [0, 0.1) is 0 Å². The maximum Gasteiger partial charge on any atom is 0.324 e. The van der Waals surface area contributed by atoms with E-state index in [0.29, 0.717) is 18.9 Å². The molecular weight excluding hydrogens is 246 g/mol. The fourth-order valence-corrected chi connectivity index (χ4v) is 1.62. The summed E-state index contributed by atoms with van der Waals surface area (Å²) in [5, 5.41) is 11.8. The zero-order valence-electron chi connectivity index (χ0n) is 11.4. The number of likely N-dealkylation sites (N-methyl/N-ethyl adjacent to an activating group) is 1. The van der Waals surface area contributed by atoms with Gasteiger partial charge in [-0.1, -0.05) is 19.1 Å². The van der Waals surface area contributed by atoms with Gasteiger partial charge in [0.1, 0.15) is 18.4 Å². The number of rotatable bonds is 9. The molecule has 1 aromatic carbocycles. The molecule has 0 fully saturated rings. The van der Waals surface area contributed by atoms with Gasteiger partial charge >= 0.3 is 5.97 Å². The zero-order valence-corrected chi connectivity index (χ0v) is 11.4. The van der Waals surface area contributed by atoms with Crippen molar-refractivity contribution in [3.8, 4) is 5.75 Å². The van der Waals surface area contributed by atoms with Gasteiger partial charge in [0.15, 0.2) is 0 Å². The minimum Gasteiger partial charge on any atom is -0.491 e. The van der Waals surface area contributed by atoms with Gasteiger partial charge in [0.25, 0.3) is 0 Å². The van der Waals surface area contributed by atoms with Gasteiger partial charge in [-0.2, -0.15) is 0 Å². The van der Waals surface area contributed by atoms with E-state index in [-0.39, 0.29) is 6.61 Å². The Balaban J connectivity index is 2.46. The van der Waals surface area contributed by atoms with Crippen molar-refractivity contribution in [1.82, 2.24) is 5.32 Å². The lowest BCUT2D eigenvalue weighted by Crippen LogP contribution is -2.41. The summed E-state index contributed by atoms with van der Waals surface area (Å²) in [6.45, 7) is 3.25. The molecule has 0 aromatic heterocycles. The highest BCUT2D eigenvalue weighted by Gasteiger charge is 2.16. The number of hydrogen-bond acceptors (Lipinski definition) is 4. The number of hydrogen-bond donors (Lipinski definition) is 2. The first kappa shape index (κ1) is 15.5. The number of aliphatic carboxylic acids is 1. The lowest BCUT2D eigenvalue weighted by molar-refractivity contribution is -0.140. The Bertz CT molecular complexity index is 378. The van der Waals surface area contributed by atoms with E-state index in [9.17, 15) is 4.79 Å². The van der Waals surface area contributed by atoms with Gasteiger partial charge in [-0.05, 0) is 30.7 Å². The molecule has 0 aliphatic rings. The Labute approximate surface area is 113 Å². The number of carboxylic acid groups (broad SMARTS) is 1. The van der Waals surface area contributed by atoms with Crippen molar-refractivity contribution >= 4 is 5.97 Å². The third kappa shape index (κ3) is 5.72. The van der Waals surface area contributed by atoms with Crippen molar-refractivity contribution < 1.29 is 19.4 Å². The molecule has 0 heterocycles. The molecule has 5 nitrogen and oxygen atoms in total. The molecule has 19 heavy (non-hydrogen) atoms. The highest BCUT2D eigenvalue weighted by Crippen LogP contribution is 2.13. The molecule has 1 aromatic rings. The normalized spacial score (nSPS) is 12.1. The Morgan fingerprint density at radius 3 is 2.58 bits per heavy atom. The largest absolute Gasteiger partial charge is 0.491 e. The molecule has 106 valence electrons. The van der Waals surface area contributed by atoms with Crippen LogP contribution >= 0.6 is 0 Å². The van der Waals surface area contributed by atoms with Gasteiger partial charge < -0.3 is 19.9 Å². The van der Waals surface area contributed by atoms with Crippen LogP contribution in [0.4, 0.5) is 0 Å². The fraction of sp³-hybridized carbons (Fsp3) is 0.500. The molecule has 5 heteroatoms. The van der Waals surface area contributed by atoms with Crippen LogP contribution in [0.15, 0.2) is 24.3 Å². The molecule has 0 bridgehead atoms. The van der Waals surface area contributed by atoms with Crippen molar-refractivity contribution in [1.29, 1.82) is 0 Å². The first-order chi connectivity index (χ1) is 9.17. The van der Waals surface area contributed by atoms with E-state index in [1.165, 1.54) is 0 Å². The number of carbonyl (C=O) groups is 1. The Hall–Kier alpha value is -1.59. The van der Waals surface area contributed by atoms with Gasteiger partial charge in [-0.25, -0.2) is 0 Å². The van der Waals surface area contributed by atoms with Crippen LogP contribution < -0.4 is 10.1 Å². The Kier molecular flexibility index (Phi) is 6.92. The summed E-state index contributed by atoms with van der Waals surface area (Å²) in [4.78, 5) is 10.9. The van der Waals surface area contributed by atoms with Crippen molar-refractivity contribution in [2.24, 2.45) is 0 Å². The second-order valence-corrected chi connectivity index (χ2v) is 4.15. The van der Waals surface area contributed by atoms with E-state index in [1.807, 2.05) is 31.2 Å². The van der Waals surface area contributed by atoms with E-state index in [4.69, 9.17) is 14.6 Å². The number of nitrogens with one attached hydrogen (secondary N) is 1. The summed E-state index contributed by atoms with van der Waals surface area (Å²) < 4.78 is 10.5. The minimum atomic E-state index is -0.904. The maximum absolute atomic E-state index is 10.9. The standard InChI is InChI=1S/C14H21NO4/c1-3-15-13(14(16)17)10-19-12-6-4-11(5-7-12)8-9-18-2/h4-7,13,15H,3,8-10H2,1-2H3,(H,16,17). The van der Waals surface area contributed by atoms with Gasteiger partial charge in [-0.3, -0.25) is 4.79 Å². The molecule has 0 aliphatic heterocycles. The number of carboxylic acids is 1. The third-order valence-electron chi connectivity index (χ3n) is 2.68. The quantitative estimate of drug-likeness (QED) is 0.706. The summed E-state index contributed by atoms with van der Waals surface area (Å²) in [5.74, 6) is -0.233. The van der Waals surface area contributed by atoms with Crippen LogP contribution in [-0.4, -0.2) is 44.0 Å². The van der Waals surface area contributed by atoms with Crippen molar-refractivity contribution in [3.05, 3.63) is 29.8 Å². The van der Waals surface area contributed by atoms with E-state index in [0.717, 1.165) is 12.0 Å². The molecule has 0 amide bonds. The number of ether oxygens (including phenoxy) is 2. The summed E-state index contributed by atoms with van der Waals surface area (Å²) in [6.07, 6.45) is 0.853. The molecule has 2 N–H and O–H groups in total. The monoisotopic (exact) mass is 267 g/mol. The van der Waals surface area contributed by atoms with Gasteiger partial charge in [0.2, 0.25) is 0 Å². The minimum absolute atomic E-state index is 0.112. The van der Waals surface area contributed by atoms with Crippen LogP contribution in [0.2, 0.25) is 0 Å². The maximum atomic E-state index is 10.9. The van der Waals surface area contributed by atoms with Crippen LogP contribution in [0.25, 0.3) is 0 Å². The molecule has 0 saturated heterocycles. The topological polar surface area (TPSA) is 67.8 Å². The molecule has 0 radical (unpaired) electrons. The van der Waals surface area contributed by atoms with Gasteiger partial charge in [0, 0.05) is 7.11 Å². The van der Waals surface area contributed by atoms with Crippen molar-refractivity contribution in [3.63, 3.8) is 0 Å². The van der Waals surface area contributed by atoms with Crippen molar-refractivity contribution in [2.45, 2.75) is 19.4 Å². The highest BCUT2D eigenvalue weighted by molar-refractivity contribution is 5.73. The Morgan fingerprint density at radius 1 is 1.37 bits per heavy atom. The van der Waals surface area contributed by atoms with E-state index in [1.54, 1.807) is 7.11 Å². The van der Waals surface area contributed by atoms with E-state index < -0.39 is 12.0 Å². The van der Waals surface area contributed by atoms with Crippen LogP contribution in [0.1, 0.15) is 12.5 Å². The Morgan fingerprint density at radius 2 is 2.05 bits per heavy atom. The lowest BCUT2D eigenvalue weighted by atomic mass is 10.1. The van der Waals surface area contributed by atoms with E-state index in [2.05, 4.69) is 5.32 Å². The van der Waals surface area contributed by atoms with Crippen LogP contribution in [0.3, 0.4) is 0 Å². The lowest BCUT2D eigenvalue weighted by Gasteiger charge is -2.14. The van der Waals surface area contributed by atoms with E-state index >= 15 is 0 Å². The van der Waals surface area contributed by atoms with Crippen molar-refractivity contribution in [2.75, 3.05) is 26.9 Å². The summed E-state index contributed by atoms with van der Waals surface area (Å²) >= 11 is 0. The number of benzene rings is 1.